The molecule has 32 heavy (non-hydrogen) atoms. The molecule has 1 aliphatic heterocycles. The predicted octanol–water partition coefficient (Wildman–Crippen LogP) is -0.864. The molecule has 0 spiro atoms. The van der Waals surface area contributed by atoms with Crippen LogP contribution in [-0.4, -0.2) is 84.3 Å². The van der Waals surface area contributed by atoms with Crippen molar-refractivity contribution in [2.75, 3.05) is 33.2 Å². The highest BCUT2D eigenvalue weighted by atomic mass is 16.5. The lowest BCUT2D eigenvalue weighted by atomic mass is 10.1. The molecule has 10 heteroatoms. The van der Waals surface area contributed by atoms with E-state index in [0.717, 1.165) is 5.56 Å². The first kappa shape index (κ1) is 23.8. The Balaban J connectivity index is 1.76. The van der Waals surface area contributed by atoms with Crippen molar-refractivity contribution >= 4 is 17.7 Å². The second-order valence-electron chi connectivity index (χ2n) is 8.50. The number of hydrogen-bond donors (Lipinski definition) is 5. The van der Waals surface area contributed by atoms with Gasteiger partial charge in [-0.05, 0) is 49.9 Å². The van der Waals surface area contributed by atoms with Gasteiger partial charge < -0.3 is 35.8 Å². The van der Waals surface area contributed by atoms with Crippen LogP contribution in [0.3, 0.4) is 0 Å². The van der Waals surface area contributed by atoms with Crippen molar-refractivity contribution in [3.63, 3.8) is 0 Å². The molecule has 0 saturated heterocycles. The minimum absolute atomic E-state index is 0.128. The highest BCUT2D eigenvalue weighted by Crippen LogP contribution is 2.34. The normalized spacial score (nSPS) is 28.5. The van der Waals surface area contributed by atoms with Gasteiger partial charge in [-0.3, -0.25) is 14.4 Å². The van der Waals surface area contributed by atoms with Gasteiger partial charge in [-0.2, -0.15) is 0 Å². The highest BCUT2D eigenvalue weighted by Gasteiger charge is 2.46. The molecule has 2 aliphatic rings. The fourth-order valence-corrected chi connectivity index (χ4v) is 3.74. The molecule has 0 bridgehead atoms. The number of aromatic hydroxyl groups is 1. The van der Waals surface area contributed by atoms with E-state index in [-0.39, 0.29) is 42.7 Å². The van der Waals surface area contributed by atoms with Gasteiger partial charge in [-0.25, -0.2) is 0 Å². The van der Waals surface area contributed by atoms with Gasteiger partial charge in [0.1, 0.15) is 17.6 Å². The molecule has 1 fully saturated rings. The Bertz CT molecular complexity index is 848. The molecule has 1 aromatic carbocycles. The van der Waals surface area contributed by atoms with Gasteiger partial charge in [0.2, 0.25) is 17.7 Å². The number of amides is 3. The van der Waals surface area contributed by atoms with E-state index >= 15 is 0 Å². The lowest BCUT2D eigenvalue weighted by molar-refractivity contribution is -0.137. The zero-order chi connectivity index (χ0) is 23.3. The Morgan fingerprint density at radius 2 is 1.91 bits per heavy atom. The highest BCUT2D eigenvalue weighted by molar-refractivity contribution is 5.89. The van der Waals surface area contributed by atoms with E-state index < -0.39 is 18.1 Å². The predicted molar refractivity (Wildman–Crippen MR) is 116 cm³/mol. The fraction of sp³-hybridized carbons (Fsp3) is 0.591. The zero-order valence-electron chi connectivity index (χ0n) is 18.5. The SMILES string of the molecule is C[C@@H]1CNC(C2CC2O)C(=O)N(C)CC(=O)NCC(=O)NCCCc2cc(O)ccc2O1. The number of nitrogens with one attached hydrogen (secondary N) is 3. The van der Waals surface area contributed by atoms with Crippen LogP contribution in [0.5, 0.6) is 11.5 Å². The first-order valence-corrected chi connectivity index (χ1v) is 10.9. The number of phenols is 1. The molecule has 1 heterocycles. The lowest BCUT2D eigenvalue weighted by Gasteiger charge is -2.26. The molecule has 176 valence electrons. The maximum absolute atomic E-state index is 12.9. The Hall–Kier alpha value is -2.85. The third-order valence-corrected chi connectivity index (χ3v) is 5.64. The van der Waals surface area contributed by atoms with Gasteiger partial charge in [-0.15, -0.1) is 0 Å². The van der Waals surface area contributed by atoms with Crippen molar-refractivity contribution in [3.05, 3.63) is 23.8 Å². The number of carbonyl (C=O) groups is 3. The largest absolute Gasteiger partial charge is 0.508 e. The fourth-order valence-electron chi connectivity index (χ4n) is 3.74. The third kappa shape index (κ3) is 6.57. The third-order valence-electron chi connectivity index (χ3n) is 5.64. The van der Waals surface area contributed by atoms with Gasteiger partial charge in [0.15, 0.2) is 0 Å². The molecule has 5 N–H and O–H groups in total. The van der Waals surface area contributed by atoms with E-state index in [1.54, 1.807) is 18.2 Å². The van der Waals surface area contributed by atoms with Gasteiger partial charge >= 0.3 is 0 Å². The van der Waals surface area contributed by atoms with Gasteiger partial charge in [-0.1, -0.05) is 0 Å². The summed E-state index contributed by atoms with van der Waals surface area (Å²) in [4.78, 5) is 38.4. The molecule has 0 radical (unpaired) electrons. The topological polar surface area (TPSA) is 140 Å². The number of benzene rings is 1. The van der Waals surface area contributed by atoms with Gasteiger partial charge in [0.25, 0.3) is 0 Å². The molecule has 4 atom stereocenters. The number of likely N-dealkylation sites (N-methyl/N-ethyl adjacent to an activating group) is 1. The quantitative estimate of drug-likeness (QED) is 0.376. The van der Waals surface area contributed by atoms with E-state index in [9.17, 15) is 24.6 Å². The van der Waals surface area contributed by atoms with Gasteiger partial charge in [0, 0.05) is 26.1 Å². The average molecular weight is 449 g/mol. The number of phenolic OH excluding ortho intramolecular Hbond substituents is 1. The van der Waals surface area contributed by atoms with Crippen molar-refractivity contribution in [2.45, 2.75) is 44.4 Å². The van der Waals surface area contributed by atoms with Crippen molar-refractivity contribution in [1.29, 1.82) is 0 Å². The zero-order valence-corrected chi connectivity index (χ0v) is 18.5. The standard InChI is InChI=1S/C22H32N4O6/c1-13-10-25-21(16-9-17(16)28)22(31)26(2)12-20(30)24-11-19(29)23-7-3-4-14-8-15(27)5-6-18(14)32-13/h5-6,8,13,16-17,21,25,27-28H,3-4,7,9-12H2,1-2H3,(H,23,29)(H,24,30)/t13-,16?,17?,21?/m1/s1. The molecular formula is C22H32N4O6. The number of hydrogen-bond acceptors (Lipinski definition) is 7. The minimum Gasteiger partial charge on any atom is -0.508 e. The second-order valence-corrected chi connectivity index (χ2v) is 8.50. The Morgan fingerprint density at radius 3 is 2.62 bits per heavy atom. The summed E-state index contributed by atoms with van der Waals surface area (Å²) in [7, 11) is 1.52. The van der Waals surface area contributed by atoms with Crippen LogP contribution in [0, 0.1) is 5.92 Å². The van der Waals surface area contributed by atoms with E-state index in [1.807, 2.05) is 6.92 Å². The van der Waals surface area contributed by atoms with Crippen LogP contribution < -0.4 is 20.7 Å². The smallest absolute Gasteiger partial charge is 0.240 e. The van der Waals surface area contributed by atoms with E-state index in [1.165, 1.54) is 11.9 Å². The molecule has 3 amide bonds. The molecule has 1 aromatic rings. The van der Waals surface area contributed by atoms with Crippen LogP contribution in [0.2, 0.25) is 0 Å². The lowest BCUT2D eigenvalue weighted by Crippen LogP contribution is -2.51. The average Bonchev–Trinajstić information content (AvgIpc) is 3.46. The Labute approximate surface area is 187 Å². The van der Waals surface area contributed by atoms with Crippen molar-refractivity contribution < 1.29 is 29.3 Å². The summed E-state index contributed by atoms with van der Waals surface area (Å²) < 4.78 is 6.06. The van der Waals surface area contributed by atoms with Gasteiger partial charge in [0.05, 0.1) is 25.2 Å². The number of aliphatic hydroxyl groups excluding tert-OH is 1. The Kier molecular flexibility index (Phi) is 7.92. The first-order chi connectivity index (χ1) is 15.2. The van der Waals surface area contributed by atoms with Crippen LogP contribution in [0.25, 0.3) is 0 Å². The number of fused-ring (bicyclic) bond motifs is 1. The number of aryl methyl sites for hydroxylation is 1. The van der Waals surface area contributed by atoms with Crippen molar-refractivity contribution in [2.24, 2.45) is 5.92 Å². The number of rotatable bonds is 1. The van der Waals surface area contributed by atoms with Crippen LogP contribution in [0.4, 0.5) is 0 Å². The summed E-state index contributed by atoms with van der Waals surface area (Å²) in [6.45, 7) is 2.27. The molecule has 3 rings (SSSR count). The molecule has 3 unspecified atom stereocenters. The number of nitrogens with zero attached hydrogens (tertiary/aromatic N) is 1. The molecule has 0 aromatic heterocycles. The van der Waals surface area contributed by atoms with E-state index in [4.69, 9.17) is 4.74 Å². The maximum atomic E-state index is 12.9. The molecular weight excluding hydrogens is 416 g/mol. The number of carbonyl (C=O) groups excluding carboxylic acids is 3. The monoisotopic (exact) mass is 448 g/mol. The molecule has 1 aliphatic carbocycles. The van der Waals surface area contributed by atoms with E-state index in [2.05, 4.69) is 16.0 Å². The maximum Gasteiger partial charge on any atom is 0.240 e. The summed E-state index contributed by atoms with van der Waals surface area (Å²) >= 11 is 0. The number of ether oxygens (including phenoxy) is 1. The van der Waals surface area contributed by atoms with Crippen LogP contribution in [0.1, 0.15) is 25.3 Å². The summed E-state index contributed by atoms with van der Waals surface area (Å²) in [5, 5.41) is 28.2. The van der Waals surface area contributed by atoms with E-state index in [0.29, 0.717) is 38.1 Å². The Morgan fingerprint density at radius 1 is 1.16 bits per heavy atom. The summed E-state index contributed by atoms with van der Waals surface area (Å²) in [5.41, 5.74) is 0.811. The van der Waals surface area contributed by atoms with Crippen molar-refractivity contribution in [3.8, 4) is 11.5 Å². The van der Waals surface area contributed by atoms with Crippen LogP contribution >= 0.6 is 0 Å². The summed E-state index contributed by atoms with van der Waals surface area (Å²) in [6.07, 6.45) is 0.875. The van der Waals surface area contributed by atoms with Crippen LogP contribution in [-0.2, 0) is 20.8 Å². The summed E-state index contributed by atoms with van der Waals surface area (Å²) in [6, 6.07) is 4.25. The minimum atomic E-state index is -0.643. The van der Waals surface area contributed by atoms with Crippen molar-refractivity contribution in [1.82, 2.24) is 20.9 Å². The van der Waals surface area contributed by atoms with Crippen LogP contribution in [0.15, 0.2) is 18.2 Å². The first-order valence-electron chi connectivity index (χ1n) is 10.9. The number of aliphatic hydroxyl groups is 1. The summed E-state index contributed by atoms with van der Waals surface area (Å²) in [5.74, 6) is -0.527. The molecule has 10 nitrogen and oxygen atoms in total. The molecule has 1 saturated carbocycles. The second kappa shape index (κ2) is 10.6.